The van der Waals surface area contributed by atoms with Gasteiger partial charge in [0.15, 0.2) is 0 Å². The van der Waals surface area contributed by atoms with Crippen LogP contribution in [0.25, 0.3) is 0 Å². The zero-order valence-electron chi connectivity index (χ0n) is 49.3. The monoisotopic (exact) mass is 1690 g/mol. The van der Waals surface area contributed by atoms with Gasteiger partial charge in [0.05, 0.1) is 32.1 Å². The Bertz CT molecular complexity index is 2180. The molecule has 0 aromatic carbocycles. The minimum absolute atomic E-state index is 0. The van der Waals surface area contributed by atoms with Crippen molar-refractivity contribution >= 4 is 96.5 Å². The number of aliphatic hydroxyl groups is 12. The number of Topliss-reactive ketones (excluding diaryl/α,β-unsaturated/α-hetero) is 5. The van der Waals surface area contributed by atoms with Crippen LogP contribution in [0.3, 0.4) is 0 Å². The van der Waals surface area contributed by atoms with Crippen molar-refractivity contribution in [3.8, 4) is 0 Å². The first-order valence-corrected chi connectivity index (χ1v) is 25.0. The van der Waals surface area contributed by atoms with E-state index in [0.29, 0.717) is 0 Å². The molecule has 0 aliphatic carbocycles. The van der Waals surface area contributed by atoms with Crippen molar-refractivity contribution in [2.45, 2.75) is 165 Å². The molecule has 5 radical (unpaired) electrons. The Labute approximate surface area is 646 Å². The molecular weight excluding hydrogens is 1610 g/mol. The van der Waals surface area contributed by atoms with Crippen LogP contribution in [0.2, 0.25) is 0 Å². The molecule has 24 N–H and O–H groups in total. The Morgan fingerprint density at radius 2 is 0.505 bits per heavy atom. The van der Waals surface area contributed by atoms with E-state index in [-0.39, 0.29) is 273 Å². The predicted molar refractivity (Wildman–Crippen MR) is 279 cm³/mol. The summed E-state index contributed by atoms with van der Waals surface area (Å²) in [4.78, 5) is 176. The molecule has 0 aliphatic rings. The third kappa shape index (κ3) is 73.7. The Kier molecular flexibility index (Phi) is 72.9. The zero-order chi connectivity index (χ0) is 67.1. The van der Waals surface area contributed by atoms with Gasteiger partial charge >= 0.3 is 18.1 Å². The molecule has 0 aromatic heterocycles. The SMILES string of the molecule is CNC(O)(O)N[C-]=O.CNC(O)(O)N[C-]=O.O=[C-]CCCC(=O)CC(=O)NC(O)(O)NC(=O)CC(=O)CCCCNC(O)(O)N[C-]=O.O=[C-]CCCC(=O)CC(=O)NC(O)(O)NCCCCC(=O)CC(=O)NC(O)(O)NC(=O)CC(=O)CCC[C-]=O.[Y].[Y].[Y].[Y].[Y]. The van der Waals surface area contributed by atoms with Gasteiger partial charge in [-0.1, -0.05) is 19.3 Å². The molecule has 0 rings (SSSR count). The zero-order valence-corrected chi connectivity index (χ0v) is 63.5. The summed E-state index contributed by atoms with van der Waals surface area (Å²) in [5.74, 6) is -8.22. The third-order valence-electron chi connectivity index (χ3n) is 9.44. The molecular formula is C46H74N12O28Y5-6. The van der Waals surface area contributed by atoms with Crippen LogP contribution >= 0.6 is 0 Å². The topological polar surface area (TPSA) is 660 Å². The molecule has 45 heteroatoms. The van der Waals surface area contributed by atoms with Crippen LogP contribution in [0.1, 0.15) is 128 Å². The van der Waals surface area contributed by atoms with Crippen molar-refractivity contribution in [2.24, 2.45) is 0 Å². The Morgan fingerprint density at radius 3 is 0.714 bits per heavy atom. The smallest absolute Gasteiger partial charge is 0.337 e. The van der Waals surface area contributed by atoms with Gasteiger partial charge in [0.1, 0.15) is 28.9 Å². The quantitative estimate of drug-likeness (QED) is 0.00884. The molecule has 0 spiro atoms. The number of ketones is 5. The van der Waals surface area contributed by atoms with Crippen molar-refractivity contribution < 1.29 is 302 Å². The summed E-state index contributed by atoms with van der Waals surface area (Å²) in [5.41, 5.74) is 0. The maximum absolute atomic E-state index is 11.9. The largest absolute Gasteiger partial charge is 0.542 e. The molecule has 0 unspecified atom stereocenters. The normalized spacial score (nSPS) is 10.6. The van der Waals surface area contributed by atoms with E-state index in [4.69, 9.17) is 30.6 Å². The number of hydrogen-bond acceptors (Lipinski definition) is 32. The number of carbonyl (C=O) groups is 10. The molecule has 8 amide bonds. The average molecular weight is 1690 g/mol. The Morgan fingerprint density at radius 1 is 0.297 bits per heavy atom. The number of carbonyl (C=O) groups excluding carboxylic acids is 16. The molecule has 507 valence electrons. The van der Waals surface area contributed by atoms with Crippen molar-refractivity contribution in [2.75, 3.05) is 27.2 Å². The van der Waals surface area contributed by atoms with E-state index in [1.807, 2.05) is 10.6 Å². The van der Waals surface area contributed by atoms with Crippen LogP contribution in [0.4, 0.5) is 0 Å². The summed E-state index contributed by atoms with van der Waals surface area (Å²) in [7, 11) is 2.54. The van der Waals surface area contributed by atoms with E-state index in [2.05, 4.69) is 10.6 Å². The molecule has 0 aliphatic heterocycles. The molecule has 0 saturated heterocycles. The second-order valence-electron chi connectivity index (χ2n) is 17.3. The standard InChI is InChI=1S/C23H34N4O12.C17H26N4O10.2C3H7N2O3.5Y/c28-11-5-2-8-17(31)13-19(33)25-22(36,37)24-10-4-1-7-16(30)14-20(34)26-23(38,39)27-21(35)15-18(32)9-3-6-12-29;22-8-4-2-6-13(25)10-15(27)21-17(30,31)20-14(26)9-12(24)5-1-3-7-18-16(28,29)19-11-23;2*1-4-3(7,8)5-2-6;;;;;/h24,36-39H,1-10,13-15H2,(H,25,33)(H,26,34)(H,27,35);18,28-31H,1-7,9-10H2,(H,19,23)(H,20,26)(H,21,27);2*4,7-8H,1H3,(H,5,6);;;;;/q2*-2;2*-1;;;;;. The van der Waals surface area contributed by atoms with Crippen molar-refractivity contribution in [1.82, 2.24) is 63.8 Å². The van der Waals surface area contributed by atoms with Crippen molar-refractivity contribution in [3.63, 3.8) is 0 Å². The van der Waals surface area contributed by atoms with E-state index < -0.39 is 127 Å². The number of nitrogens with one attached hydrogen (secondary N) is 12. The van der Waals surface area contributed by atoms with Crippen LogP contribution < -0.4 is 63.8 Å². The van der Waals surface area contributed by atoms with Gasteiger partial charge in [-0.3, -0.25) is 104 Å². The molecule has 91 heavy (non-hydrogen) atoms. The third-order valence-corrected chi connectivity index (χ3v) is 9.44. The molecule has 0 saturated carbocycles. The molecule has 0 aromatic rings. The van der Waals surface area contributed by atoms with E-state index in [0.717, 1.165) is 19.2 Å². The van der Waals surface area contributed by atoms with E-state index in [1.165, 1.54) is 14.1 Å². The van der Waals surface area contributed by atoms with Gasteiger partial charge in [-0.05, 0) is 39.8 Å². The maximum atomic E-state index is 11.9. The van der Waals surface area contributed by atoms with Crippen LogP contribution in [0, 0.1) is 0 Å². The van der Waals surface area contributed by atoms with E-state index >= 15 is 0 Å². The summed E-state index contributed by atoms with van der Waals surface area (Å²) >= 11 is 0. The van der Waals surface area contributed by atoms with Gasteiger partial charge in [-0.2, -0.15) is 38.5 Å². The van der Waals surface area contributed by atoms with Gasteiger partial charge in [0.25, 0.3) is 18.1 Å². The maximum Gasteiger partial charge on any atom is 0.337 e. The second-order valence-corrected chi connectivity index (χ2v) is 17.3. The molecule has 0 bridgehead atoms. The van der Waals surface area contributed by atoms with Crippen LogP contribution in [0.5, 0.6) is 0 Å². The van der Waals surface area contributed by atoms with Gasteiger partial charge in [0, 0.05) is 209 Å². The van der Waals surface area contributed by atoms with Gasteiger partial charge in [-0.25, -0.2) is 10.6 Å². The summed E-state index contributed by atoms with van der Waals surface area (Å²) in [6.45, 7) is -0.0832. The first kappa shape index (κ1) is 108. The Balaban J connectivity index is -0.000000164. The fraction of sp³-hybridized carbons (Fsp3) is 0.652. The van der Waals surface area contributed by atoms with Crippen LogP contribution in [0.15, 0.2) is 0 Å². The van der Waals surface area contributed by atoms with Crippen molar-refractivity contribution in [1.29, 1.82) is 0 Å². The first-order valence-electron chi connectivity index (χ1n) is 25.0. The predicted octanol–water partition coefficient (Wildman–Crippen LogP) is -12.3. The fourth-order valence-electron chi connectivity index (χ4n) is 5.51. The summed E-state index contributed by atoms with van der Waals surface area (Å²) in [5, 5.41) is 131. The number of rotatable bonds is 47. The summed E-state index contributed by atoms with van der Waals surface area (Å²) in [6.07, 6.45) is 5.60. The van der Waals surface area contributed by atoms with E-state index in [1.54, 1.807) is 61.4 Å². The number of amides is 8. The first-order chi connectivity index (χ1) is 39.8. The molecule has 0 heterocycles. The van der Waals surface area contributed by atoms with Gasteiger partial charge < -0.3 is 106 Å². The van der Waals surface area contributed by atoms with Gasteiger partial charge in [0.2, 0.25) is 29.5 Å². The fourth-order valence-corrected chi connectivity index (χ4v) is 5.51. The number of unbranched alkanes of at least 4 members (excludes halogenated alkanes) is 5. The van der Waals surface area contributed by atoms with Gasteiger partial charge in [-0.15, -0.1) is 0 Å². The number of hydrogen-bond donors (Lipinski definition) is 24. The second kappa shape index (κ2) is 61.6. The minimum atomic E-state index is -3.22. The van der Waals surface area contributed by atoms with Crippen LogP contribution in [-0.4, -0.2) is 221 Å². The molecule has 0 fully saturated rings. The molecule has 0 atom stereocenters. The minimum Gasteiger partial charge on any atom is -0.542 e. The molecule has 40 nitrogen and oxygen atoms in total. The van der Waals surface area contributed by atoms with Crippen molar-refractivity contribution in [3.05, 3.63) is 0 Å². The summed E-state index contributed by atoms with van der Waals surface area (Å²) < 4.78 is 0. The van der Waals surface area contributed by atoms with E-state index in [9.17, 15) is 107 Å². The van der Waals surface area contributed by atoms with Crippen LogP contribution in [-0.2, 0) is 240 Å². The summed E-state index contributed by atoms with van der Waals surface area (Å²) in [6, 6.07) is -16.5. The Hall–Kier alpha value is -2.00. The average Bonchev–Trinajstić information content (AvgIpc) is 3.41.